The van der Waals surface area contributed by atoms with Crippen molar-refractivity contribution in [2.75, 3.05) is 6.26 Å². The zero-order valence-electron chi connectivity index (χ0n) is 15.9. The van der Waals surface area contributed by atoms with E-state index in [1.54, 1.807) is 0 Å². The maximum Gasteiger partial charge on any atom is 0.453 e. The number of amides is 1. The maximum absolute atomic E-state index is 13.2. The number of nitrogens with zero attached hydrogens (tertiary/aromatic N) is 5. The van der Waals surface area contributed by atoms with Crippen LogP contribution in [0.2, 0.25) is 5.02 Å². The number of aromatic nitrogens is 5. The zero-order chi connectivity index (χ0) is 23.0. The topological polar surface area (TPSA) is 120 Å². The standard InChI is InChI=1S/C17H14ClF3N6O3S/c1-9(24-14(28)10-6-11(18)8-12(7-10)31(2,29)30)13-25-15(17(19,20)21)26-27(13)16-22-4-3-5-23-16/h3-9H,1-2H3,(H,24,28). The van der Waals surface area contributed by atoms with Crippen LogP contribution in [0.1, 0.15) is 35.0 Å². The molecule has 0 spiro atoms. The first kappa shape index (κ1) is 22.6. The first-order chi connectivity index (χ1) is 14.4. The van der Waals surface area contributed by atoms with Crippen LogP contribution in [0, 0.1) is 0 Å². The van der Waals surface area contributed by atoms with Gasteiger partial charge in [-0.1, -0.05) is 11.6 Å². The van der Waals surface area contributed by atoms with Gasteiger partial charge in [-0.3, -0.25) is 4.79 Å². The third-order valence-corrected chi connectivity index (χ3v) is 5.23. The van der Waals surface area contributed by atoms with Gasteiger partial charge >= 0.3 is 6.18 Å². The van der Waals surface area contributed by atoms with E-state index in [4.69, 9.17) is 11.6 Å². The Morgan fingerprint density at radius 2 is 1.84 bits per heavy atom. The van der Waals surface area contributed by atoms with E-state index in [9.17, 15) is 26.4 Å². The molecule has 0 saturated heterocycles. The molecular formula is C17H14ClF3N6O3S. The number of carbonyl (C=O) groups excluding carboxylic acids is 1. The van der Waals surface area contributed by atoms with Crippen LogP contribution in [0.4, 0.5) is 13.2 Å². The Kier molecular flexibility index (Phi) is 6.00. The fourth-order valence-corrected chi connectivity index (χ4v) is 3.51. The average Bonchev–Trinajstić information content (AvgIpc) is 3.13. The van der Waals surface area contributed by atoms with Crippen LogP contribution < -0.4 is 5.32 Å². The molecule has 3 aromatic rings. The van der Waals surface area contributed by atoms with E-state index in [0.717, 1.165) is 17.0 Å². The van der Waals surface area contributed by atoms with E-state index >= 15 is 0 Å². The number of sulfone groups is 1. The Hall–Kier alpha value is -3.06. The third kappa shape index (κ3) is 5.17. The van der Waals surface area contributed by atoms with Crippen molar-refractivity contribution < 1.29 is 26.4 Å². The summed E-state index contributed by atoms with van der Waals surface area (Å²) in [5.41, 5.74) is -0.0992. The molecule has 1 N–H and O–H groups in total. The van der Waals surface area contributed by atoms with Crippen LogP contribution >= 0.6 is 11.6 Å². The van der Waals surface area contributed by atoms with Gasteiger partial charge in [0.2, 0.25) is 0 Å². The molecule has 0 fully saturated rings. The molecule has 1 unspecified atom stereocenters. The van der Waals surface area contributed by atoms with Crippen molar-refractivity contribution in [3.05, 3.63) is 58.9 Å². The second kappa shape index (κ2) is 8.23. The minimum Gasteiger partial charge on any atom is -0.342 e. The molecule has 164 valence electrons. The monoisotopic (exact) mass is 474 g/mol. The number of carbonyl (C=O) groups is 1. The third-order valence-electron chi connectivity index (χ3n) is 3.92. The molecule has 0 saturated carbocycles. The first-order valence-electron chi connectivity index (χ1n) is 8.49. The molecule has 0 bridgehead atoms. The summed E-state index contributed by atoms with van der Waals surface area (Å²) in [6, 6.07) is 3.89. The number of benzene rings is 1. The van der Waals surface area contributed by atoms with E-state index in [1.807, 2.05) is 0 Å². The van der Waals surface area contributed by atoms with Gasteiger partial charge in [-0.2, -0.15) is 17.9 Å². The van der Waals surface area contributed by atoms with E-state index in [-0.39, 0.29) is 27.3 Å². The van der Waals surface area contributed by atoms with Crippen LogP contribution in [-0.4, -0.2) is 45.3 Å². The zero-order valence-corrected chi connectivity index (χ0v) is 17.5. The van der Waals surface area contributed by atoms with Gasteiger partial charge < -0.3 is 5.32 Å². The number of rotatable bonds is 5. The summed E-state index contributed by atoms with van der Waals surface area (Å²) in [4.78, 5) is 23.7. The Morgan fingerprint density at radius 3 is 2.42 bits per heavy atom. The summed E-state index contributed by atoms with van der Waals surface area (Å²) < 4.78 is 63.8. The number of nitrogens with one attached hydrogen (secondary N) is 1. The number of hydrogen-bond donors (Lipinski definition) is 1. The highest BCUT2D eigenvalue weighted by Gasteiger charge is 2.38. The van der Waals surface area contributed by atoms with Crippen LogP contribution in [-0.2, 0) is 16.0 Å². The number of hydrogen-bond acceptors (Lipinski definition) is 7. The maximum atomic E-state index is 13.2. The lowest BCUT2D eigenvalue weighted by Crippen LogP contribution is -2.29. The lowest BCUT2D eigenvalue weighted by Gasteiger charge is -2.14. The predicted molar refractivity (Wildman–Crippen MR) is 102 cm³/mol. The molecular weight excluding hydrogens is 461 g/mol. The van der Waals surface area contributed by atoms with Crippen molar-refractivity contribution in [1.29, 1.82) is 0 Å². The molecule has 2 aromatic heterocycles. The Labute approximate surface area is 179 Å². The summed E-state index contributed by atoms with van der Waals surface area (Å²) in [7, 11) is -3.65. The molecule has 1 aromatic carbocycles. The lowest BCUT2D eigenvalue weighted by atomic mass is 10.2. The van der Waals surface area contributed by atoms with Crippen molar-refractivity contribution >= 4 is 27.3 Å². The fourth-order valence-electron chi connectivity index (χ4n) is 2.52. The molecule has 0 aliphatic heterocycles. The van der Waals surface area contributed by atoms with Gasteiger partial charge in [-0.05, 0) is 31.2 Å². The van der Waals surface area contributed by atoms with Gasteiger partial charge in [0.1, 0.15) is 0 Å². The van der Waals surface area contributed by atoms with Crippen molar-refractivity contribution in [2.45, 2.75) is 24.0 Å². The Bertz CT molecular complexity index is 1230. The average molecular weight is 475 g/mol. The summed E-state index contributed by atoms with van der Waals surface area (Å²) in [6.07, 6.45) is -1.27. The molecule has 1 amide bonds. The van der Waals surface area contributed by atoms with Gasteiger partial charge in [0, 0.05) is 29.2 Å². The minimum absolute atomic E-state index is 0.000869. The SMILES string of the molecule is CC(NC(=O)c1cc(Cl)cc(S(C)(=O)=O)c1)c1nc(C(F)(F)F)nn1-c1ncccn1. The molecule has 0 aliphatic rings. The highest BCUT2D eigenvalue weighted by molar-refractivity contribution is 7.90. The fraction of sp³-hybridized carbons (Fsp3) is 0.235. The summed E-state index contributed by atoms with van der Waals surface area (Å²) in [5, 5.41) is 5.87. The molecule has 2 heterocycles. The molecule has 0 radical (unpaired) electrons. The van der Waals surface area contributed by atoms with Crippen molar-refractivity contribution in [1.82, 2.24) is 30.0 Å². The first-order valence-corrected chi connectivity index (χ1v) is 10.8. The van der Waals surface area contributed by atoms with Crippen LogP contribution in [0.15, 0.2) is 41.6 Å². The summed E-state index contributed by atoms with van der Waals surface area (Å²) in [5.74, 6) is -2.67. The highest BCUT2D eigenvalue weighted by Crippen LogP contribution is 2.28. The molecule has 3 rings (SSSR count). The largest absolute Gasteiger partial charge is 0.453 e. The van der Waals surface area contributed by atoms with E-state index < -0.39 is 33.8 Å². The number of alkyl halides is 3. The van der Waals surface area contributed by atoms with E-state index in [1.165, 1.54) is 37.5 Å². The van der Waals surface area contributed by atoms with E-state index in [0.29, 0.717) is 0 Å². The molecule has 14 heteroatoms. The number of halogens is 4. The summed E-state index contributed by atoms with van der Waals surface area (Å²) in [6.45, 7) is 1.38. The van der Waals surface area contributed by atoms with Gasteiger partial charge in [-0.15, -0.1) is 5.10 Å². The lowest BCUT2D eigenvalue weighted by molar-refractivity contribution is -0.144. The minimum atomic E-state index is -4.84. The van der Waals surface area contributed by atoms with Crippen LogP contribution in [0.5, 0.6) is 0 Å². The van der Waals surface area contributed by atoms with Gasteiger partial charge in [0.15, 0.2) is 15.7 Å². The Balaban J connectivity index is 1.97. The van der Waals surface area contributed by atoms with Gasteiger partial charge in [-0.25, -0.2) is 23.4 Å². The molecule has 0 aliphatic carbocycles. The van der Waals surface area contributed by atoms with Crippen LogP contribution in [0.3, 0.4) is 0 Å². The molecule has 9 nitrogen and oxygen atoms in total. The molecule has 1 atom stereocenters. The van der Waals surface area contributed by atoms with Gasteiger partial charge in [0.25, 0.3) is 17.7 Å². The molecule has 31 heavy (non-hydrogen) atoms. The van der Waals surface area contributed by atoms with Crippen molar-refractivity contribution in [3.63, 3.8) is 0 Å². The predicted octanol–water partition coefficient (Wildman–Crippen LogP) is 2.62. The van der Waals surface area contributed by atoms with Crippen LogP contribution in [0.25, 0.3) is 5.95 Å². The second-order valence-corrected chi connectivity index (χ2v) is 8.85. The smallest absolute Gasteiger partial charge is 0.342 e. The Morgan fingerprint density at radius 1 is 1.19 bits per heavy atom. The summed E-state index contributed by atoms with van der Waals surface area (Å²) >= 11 is 5.90. The second-order valence-electron chi connectivity index (χ2n) is 6.39. The normalized spacial score (nSPS) is 13.1. The van der Waals surface area contributed by atoms with Crippen molar-refractivity contribution in [2.24, 2.45) is 0 Å². The van der Waals surface area contributed by atoms with E-state index in [2.05, 4.69) is 25.4 Å². The van der Waals surface area contributed by atoms with Gasteiger partial charge in [0.05, 0.1) is 10.9 Å². The van der Waals surface area contributed by atoms with Crippen molar-refractivity contribution in [3.8, 4) is 5.95 Å². The highest BCUT2D eigenvalue weighted by atomic mass is 35.5. The quantitative estimate of drug-likeness (QED) is 0.603.